The van der Waals surface area contributed by atoms with E-state index >= 15 is 0 Å². The Morgan fingerprint density at radius 1 is 1.23 bits per heavy atom. The molecule has 35 heavy (non-hydrogen) atoms. The van der Waals surface area contributed by atoms with Crippen LogP contribution in [-0.2, 0) is 0 Å². The summed E-state index contributed by atoms with van der Waals surface area (Å²) in [5, 5.41) is 10.9. The van der Waals surface area contributed by atoms with Gasteiger partial charge in [0.1, 0.15) is 5.75 Å². The number of hydrogen-bond donors (Lipinski definition) is 3. The maximum Gasteiger partial charge on any atom is 0.180 e. The van der Waals surface area contributed by atoms with Crippen LogP contribution in [0.5, 0.6) is 5.75 Å². The van der Waals surface area contributed by atoms with Gasteiger partial charge in [0.25, 0.3) is 0 Å². The number of terminal acetylenes is 1. The van der Waals surface area contributed by atoms with Crippen molar-refractivity contribution in [2.24, 2.45) is 5.92 Å². The molecule has 0 unspecified atom stereocenters. The highest BCUT2D eigenvalue weighted by molar-refractivity contribution is 5.87. The minimum Gasteiger partial charge on any atom is -0.495 e. The summed E-state index contributed by atoms with van der Waals surface area (Å²) < 4.78 is 7.65. The monoisotopic (exact) mass is 467 g/mol. The summed E-state index contributed by atoms with van der Waals surface area (Å²) in [5.74, 6) is 2.16. The Kier molecular flexibility index (Phi) is 6.88. The molecular formula is C27H29N7O. The van der Waals surface area contributed by atoms with Gasteiger partial charge in [-0.05, 0) is 30.5 Å². The molecule has 1 aliphatic heterocycles. The molecule has 1 saturated heterocycles. The van der Waals surface area contributed by atoms with Crippen molar-refractivity contribution in [1.82, 2.24) is 14.4 Å². The maximum atomic E-state index is 7.46. The number of nitrogen functional groups attached to an aromatic ring is 1. The van der Waals surface area contributed by atoms with E-state index in [9.17, 15) is 0 Å². The number of methoxy groups -OCH3 is 1. The van der Waals surface area contributed by atoms with Crippen molar-refractivity contribution in [2.45, 2.75) is 13.3 Å². The molecule has 0 spiro atoms. The van der Waals surface area contributed by atoms with Crippen molar-refractivity contribution in [3.05, 3.63) is 60.6 Å². The molecule has 4 aromatic rings. The lowest BCUT2D eigenvalue weighted by Gasteiger charge is -2.22. The highest BCUT2D eigenvalue weighted by atomic mass is 16.5. The smallest absolute Gasteiger partial charge is 0.180 e. The first kappa shape index (κ1) is 23.6. The van der Waals surface area contributed by atoms with Crippen LogP contribution in [0.4, 0.5) is 22.9 Å². The lowest BCUT2D eigenvalue weighted by Crippen LogP contribution is -2.19. The molecule has 1 fully saturated rings. The number of nitrogens with zero attached hydrogens (tertiary/aromatic N) is 4. The molecular weight excluding hydrogens is 438 g/mol. The van der Waals surface area contributed by atoms with Crippen LogP contribution in [0, 0.1) is 24.2 Å². The van der Waals surface area contributed by atoms with E-state index in [2.05, 4.69) is 41.0 Å². The van der Waals surface area contributed by atoms with Gasteiger partial charge in [0.15, 0.2) is 11.5 Å². The first-order valence-electron chi connectivity index (χ1n) is 11.3. The van der Waals surface area contributed by atoms with E-state index in [-0.39, 0.29) is 0 Å². The zero-order valence-electron chi connectivity index (χ0n) is 19.9. The molecule has 1 atom stereocenters. The van der Waals surface area contributed by atoms with Gasteiger partial charge in [0.05, 0.1) is 18.5 Å². The fourth-order valence-corrected chi connectivity index (χ4v) is 4.33. The van der Waals surface area contributed by atoms with E-state index in [4.69, 9.17) is 20.9 Å². The van der Waals surface area contributed by atoms with Gasteiger partial charge >= 0.3 is 0 Å². The van der Waals surface area contributed by atoms with Crippen molar-refractivity contribution in [3.8, 4) is 29.9 Å². The Hall–Kier alpha value is -4.51. The van der Waals surface area contributed by atoms with Crippen molar-refractivity contribution >= 4 is 34.7 Å². The number of rotatable bonds is 6. The number of aromatic nitrogens is 3. The van der Waals surface area contributed by atoms with Crippen molar-refractivity contribution in [2.75, 3.05) is 36.1 Å². The topological polar surface area (TPSA) is 105 Å². The third-order valence-corrected chi connectivity index (χ3v) is 6.12. The summed E-state index contributed by atoms with van der Waals surface area (Å²) in [6.07, 6.45) is 16.0. The average Bonchev–Trinajstić information content (AvgIpc) is 3.54. The number of benzene rings is 2. The highest BCUT2D eigenvalue weighted by Crippen LogP contribution is 2.35. The van der Waals surface area contributed by atoms with Crippen LogP contribution < -0.4 is 20.7 Å². The lowest BCUT2D eigenvalue weighted by molar-refractivity contribution is 0.415. The molecule has 0 bridgehead atoms. The molecule has 3 heterocycles. The summed E-state index contributed by atoms with van der Waals surface area (Å²) in [6.45, 7) is 4.37. The van der Waals surface area contributed by atoms with Crippen LogP contribution in [0.15, 0.2) is 55.0 Å². The normalized spacial score (nSPS) is 14.9. The molecule has 1 aliphatic rings. The van der Waals surface area contributed by atoms with Gasteiger partial charge < -0.3 is 30.5 Å². The zero-order valence-corrected chi connectivity index (χ0v) is 19.9. The van der Waals surface area contributed by atoms with E-state index in [1.54, 1.807) is 13.3 Å². The second-order valence-electron chi connectivity index (χ2n) is 8.47. The van der Waals surface area contributed by atoms with Gasteiger partial charge in [0, 0.05) is 66.5 Å². The van der Waals surface area contributed by atoms with E-state index in [1.165, 1.54) is 12.6 Å². The quantitative estimate of drug-likeness (QED) is 0.213. The van der Waals surface area contributed by atoms with Crippen LogP contribution in [0.3, 0.4) is 0 Å². The molecule has 8 nitrogen and oxygen atoms in total. The van der Waals surface area contributed by atoms with Gasteiger partial charge in [-0.1, -0.05) is 19.1 Å². The minimum absolute atomic E-state index is 0.543. The molecule has 0 amide bonds. The molecule has 2 aromatic heterocycles. The van der Waals surface area contributed by atoms with E-state index in [1.807, 2.05) is 47.1 Å². The number of anilines is 4. The third-order valence-electron chi connectivity index (χ3n) is 6.12. The molecule has 5 rings (SSSR count). The predicted molar refractivity (Wildman–Crippen MR) is 143 cm³/mol. The Morgan fingerprint density at radius 3 is 2.74 bits per heavy atom. The maximum absolute atomic E-state index is 7.46. The molecule has 4 N–H and O–H groups in total. The van der Waals surface area contributed by atoms with E-state index < -0.39 is 0 Å². The van der Waals surface area contributed by atoms with Crippen molar-refractivity contribution in [1.29, 1.82) is 5.41 Å². The summed E-state index contributed by atoms with van der Waals surface area (Å²) in [6, 6.07) is 11.7. The Morgan fingerprint density at radius 2 is 2.06 bits per heavy atom. The van der Waals surface area contributed by atoms with Crippen LogP contribution >= 0.6 is 0 Å². The lowest BCUT2D eigenvalue weighted by atomic mass is 10.1. The number of hydrogen-bond acceptors (Lipinski definition) is 7. The van der Waals surface area contributed by atoms with E-state index in [0.29, 0.717) is 23.0 Å². The number of ether oxygens (including phenoxy) is 1. The fraction of sp³-hybridized carbons (Fsp3) is 0.222. The van der Waals surface area contributed by atoms with Crippen LogP contribution in [0.2, 0.25) is 0 Å². The highest BCUT2D eigenvalue weighted by Gasteiger charge is 2.22. The number of nitrogens with one attached hydrogen (secondary N) is 2. The molecule has 0 saturated carbocycles. The molecule has 178 valence electrons. The molecule has 8 heteroatoms. The van der Waals surface area contributed by atoms with Crippen molar-refractivity contribution < 1.29 is 4.74 Å². The third kappa shape index (κ3) is 4.75. The first-order valence-corrected chi connectivity index (χ1v) is 11.3. The first-order chi connectivity index (χ1) is 17.1. The Balaban J connectivity index is 0.00000141. The standard InChI is InChI=1S/C25H27N7O.C2H2/c1-16-7-9-31(14-16)22-6-5-19(12-23(22)33-2)29-24-25-28-8-10-32(25)15-21(30-24)17-3-4-18(13-26)20(27)11-17;1-2/h3-6,8,10-13,15-16,26H,7,9,14,27H2,1-2H3,(H,29,30);1-2H/t16-;/m1./s1. The van der Waals surface area contributed by atoms with E-state index in [0.717, 1.165) is 47.1 Å². The average molecular weight is 468 g/mol. The van der Waals surface area contributed by atoms with Gasteiger partial charge in [-0.15, -0.1) is 12.8 Å². The number of imidazole rings is 1. The Bertz CT molecular complexity index is 1370. The molecule has 0 aliphatic carbocycles. The summed E-state index contributed by atoms with van der Waals surface area (Å²) in [7, 11) is 1.70. The summed E-state index contributed by atoms with van der Waals surface area (Å²) in [4.78, 5) is 11.7. The van der Waals surface area contributed by atoms with Gasteiger partial charge in [-0.25, -0.2) is 9.97 Å². The summed E-state index contributed by atoms with van der Waals surface area (Å²) >= 11 is 0. The zero-order chi connectivity index (χ0) is 24.9. The predicted octanol–water partition coefficient (Wildman–Crippen LogP) is 4.82. The number of fused-ring (bicyclic) bond motifs is 1. The SMILES string of the molecule is C#C.COc1cc(Nc2nc(-c3ccc(C=N)c(N)c3)cn3ccnc23)ccc1N1CC[C@@H](C)C1. The van der Waals surface area contributed by atoms with Crippen molar-refractivity contribution in [3.63, 3.8) is 0 Å². The second kappa shape index (κ2) is 10.2. The summed E-state index contributed by atoms with van der Waals surface area (Å²) in [5.41, 5.74) is 11.6. The van der Waals surface area contributed by atoms with Crippen LogP contribution in [0.1, 0.15) is 18.9 Å². The van der Waals surface area contributed by atoms with Gasteiger partial charge in [-0.3, -0.25) is 0 Å². The van der Waals surface area contributed by atoms with Crippen LogP contribution in [0.25, 0.3) is 16.9 Å². The van der Waals surface area contributed by atoms with Gasteiger partial charge in [-0.2, -0.15) is 0 Å². The largest absolute Gasteiger partial charge is 0.495 e. The second-order valence-corrected chi connectivity index (χ2v) is 8.47. The van der Waals surface area contributed by atoms with Gasteiger partial charge in [0.2, 0.25) is 0 Å². The number of nitrogens with two attached hydrogens (primary N) is 1. The molecule has 0 radical (unpaired) electrons. The minimum atomic E-state index is 0.543. The van der Waals surface area contributed by atoms with Crippen LogP contribution in [-0.4, -0.2) is 40.8 Å². The Labute approximate surface area is 205 Å². The molecule has 2 aromatic carbocycles. The fourth-order valence-electron chi connectivity index (χ4n) is 4.33.